The van der Waals surface area contributed by atoms with E-state index >= 15 is 0 Å². The van der Waals surface area contributed by atoms with E-state index < -0.39 is 40.4 Å². The molecule has 2 aromatic rings. The summed E-state index contributed by atoms with van der Waals surface area (Å²) in [4.78, 5) is 2.09. The quantitative estimate of drug-likeness (QED) is 0.437. The van der Waals surface area contributed by atoms with Crippen molar-refractivity contribution < 1.29 is 39.5 Å². The zero-order valence-electron chi connectivity index (χ0n) is 19.7. The number of benzene rings is 2. The van der Waals surface area contributed by atoms with Crippen molar-refractivity contribution in [1.29, 1.82) is 0 Å². The molecule has 2 atom stereocenters. The molecule has 1 fully saturated rings. The SMILES string of the molecule is CC1c2ccccc2SC1N(Cc1ccc(OC(F)(F)F)cc1)S(=O)(=O)N1CCN(CC(F)(F)F)CC1. The van der Waals surface area contributed by atoms with Crippen molar-refractivity contribution in [3.8, 4) is 5.75 Å². The third-order valence-electron chi connectivity index (χ3n) is 6.22. The van der Waals surface area contributed by atoms with Crippen LogP contribution in [-0.2, 0) is 16.8 Å². The van der Waals surface area contributed by atoms with Crippen LogP contribution in [0.3, 0.4) is 0 Å². The molecule has 4 rings (SSSR count). The van der Waals surface area contributed by atoms with Crippen LogP contribution in [0.2, 0.25) is 0 Å². The van der Waals surface area contributed by atoms with Gasteiger partial charge in [0.2, 0.25) is 0 Å². The molecular weight excluding hydrogens is 544 g/mol. The van der Waals surface area contributed by atoms with Crippen LogP contribution in [0.4, 0.5) is 26.3 Å². The van der Waals surface area contributed by atoms with E-state index in [4.69, 9.17) is 0 Å². The topological polar surface area (TPSA) is 53.1 Å². The van der Waals surface area contributed by atoms with E-state index in [1.807, 2.05) is 31.2 Å². The molecule has 2 aliphatic heterocycles. The summed E-state index contributed by atoms with van der Waals surface area (Å²) in [6.45, 7) is 0.313. The molecule has 0 spiro atoms. The predicted molar refractivity (Wildman–Crippen MR) is 126 cm³/mol. The van der Waals surface area contributed by atoms with Crippen LogP contribution in [-0.4, -0.2) is 72.6 Å². The lowest BCUT2D eigenvalue weighted by molar-refractivity contribution is -0.274. The van der Waals surface area contributed by atoms with E-state index in [-0.39, 0.29) is 38.6 Å². The highest BCUT2D eigenvalue weighted by Gasteiger charge is 2.43. The summed E-state index contributed by atoms with van der Waals surface area (Å²) in [5.74, 6) is -0.627. The molecule has 0 radical (unpaired) electrons. The van der Waals surface area contributed by atoms with Gasteiger partial charge in [-0.05, 0) is 29.3 Å². The first kappa shape index (κ1) is 28.0. The zero-order chi connectivity index (χ0) is 27.0. The second-order valence-corrected chi connectivity index (χ2v) is 11.9. The maximum atomic E-state index is 13.8. The zero-order valence-corrected chi connectivity index (χ0v) is 21.3. The molecule has 0 N–H and O–H groups in total. The third kappa shape index (κ3) is 6.91. The van der Waals surface area contributed by atoms with Crippen molar-refractivity contribution in [2.45, 2.75) is 42.2 Å². The second kappa shape index (κ2) is 10.6. The molecule has 2 aromatic carbocycles. The fourth-order valence-electron chi connectivity index (χ4n) is 4.46. The van der Waals surface area contributed by atoms with Gasteiger partial charge in [0.1, 0.15) is 5.75 Å². The molecule has 14 heteroatoms. The Balaban J connectivity index is 1.57. The van der Waals surface area contributed by atoms with Gasteiger partial charge in [0.15, 0.2) is 0 Å². The maximum Gasteiger partial charge on any atom is 0.573 e. The number of hydrogen-bond donors (Lipinski definition) is 0. The minimum absolute atomic E-state index is 0.0658. The monoisotopic (exact) mass is 569 g/mol. The summed E-state index contributed by atoms with van der Waals surface area (Å²) in [6, 6.07) is 12.5. The summed E-state index contributed by atoms with van der Waals surface area (Å²) in [6.07, 6.45) is -9.23. The Morgan fingerprint density at radius 1 is 0.973 bits per heavy atom. The van der Waals surface area contributed by atoms with Gasteiger partial charge in [-0.2, -0.15) is 30.2 Å². The minimum Gasteiger partial charge on any atom is -0.406 e. The van der Waals surface area contributed by atoms with Gasteiger partial charge in [-0.1, -0.05) is 37.3 Å². The molecule has 0 amide bonds. The third-order valence-corrected chi connectivity index (χ3v) is 9.85. The van der Waals surface area contributed by atoms with Gasteiger partial charge in [0.25, 0.3) is 10.2 Å². The molecular formula is C23H25F6N3O3S2. The Bertz CT molecular complexity index is 1180. The molecule has 0 bridgehead atoms. The van der Waals surface area contributed by atoms with Crippen LogP contribution in [0.15, 0.2) is 53.4 Å². The van der Waals surface area contributed by atoms with E-state index in [1.165, 1.54) is 37.4 Å². The molecule has 0 aliphatic carbocycles. The molecule has 0 saturated carbocycles. The second-order valence-electron chi connectivity index (χ2n) is 8.87. The first-order chi connectivity index (χ1) is 17.2. The van der Waals surface area contributed by atoms with E-state index in [2.05, 4.69) is 4.74 Å². The fraction of sp³-hybridized carbons (Fsp3) is 0.478. The van der Waals surface area contributed by atoms with Gasteiger partial charge in [0, 0.05) is 43.5 Å². The number of ether oxygens (including phenoxy) is 1. The summed E-state index contributed by atoms with van der Waals surface area (Å²) in [7, 11) is -4.14. The summed E-state index contributed by atoms with van der Waals surface area (Å²) in [5.41, 5.74) is 1.42. The van der Waals surface area contributed by atoms with Crippen molar-refractivity contribution >= 4 is 22.0 Å². The largest absolute Gasteiger partial charge is 0.573 e. The highest BCUT2D eigenvalue weighted by Crippen LogP contribution is 2.48. The van der Waals surface area contributed by atoms with Gasteiger partial charge in [0.05, 0.1) is 11.9 Å². The number of piperazine rings is 1. The summed E-state index contributed by atoms with van der Waals surface area (Å²) >= 11 is 1.37. The van der Waals surface area contributed by atoms with Crippen molar-refractivity contribution in [1.82, 2.24) is 13.5 Å². The molecule has 2 heterocycles. The summed E-state index contributed by atoms with van der Waals surface area (Å²) in [5, 5.41) is -0.554. The first-order valence-electron chi connectivity index (χ1n) is 11.4. The van der Waals surface area contributed by atoms with Gasteiger partial charge < -0.3 is 4.74 Å². The van der Waals surface area contributed by atoms with Crippen LogP contribution in [0.5, 0.6) is 5.75 Å². The van der Waals surface area contributed by atoms with E-state index in [9.17, 15) is 34.8 Å². The standard InChI is InChI=1S/C23H25F6N3O3S2/c1-16-19-4-2-3-5-20(19)36-21(16)32(14-17-6-8-18(9-7-17)35-23(27,28)29)37(33,34)31-12-10-30(11-13-31)15-22(24,25)26/h2-9,16,21H,10-15H2,1H3. The molecule has 1 saturated heterocycles. The lowest BCUT2D eigenvalue weighted by Crippen LogP contribution is -2.55. The van der Waals surface area contributed by atoms with Crippen LogP contribution < -0.4 is 4.74 Å². The number of fused-ring (bicyclic) bond motifs is 1. The maximum absolute atomic E-state index is 13.8. The van der Waals surface area contributed by atoms with Gasteiger partial charge in [-0.3, -0.25) is 4.90 Å². The lowest BCUT2D eigenvalue weighted by Gasteiger charge is -2.39. The average Bonchev–Trinajstić information content (AvgIpc) is 3.13. The van der Waals surface area contributed by atoms with Gasteiger partial charge >= 0.3 is 12.5 Å². The molecule has 0 aromatic heterocycles. The number of halogens is 6. The van der Waals surface area contributed by atoms with Crippen molar-refractivity contribution in [3.05, 3.63) is 59.7 Å². The fourth-order valence-corrected chi connectivity index (χ4v) is 7.94. The Morgan fingerprint density at radius 2 is 1.59 bits per heavy atom. The number of thioether (sulfide) groups is 1. The smallest absolute Gasteiger partial charge is 0.406 e. The number of hydrogen-bond acceptors (Lipinski definition) is 5. The Hall–Kier alpha value is -2.00. The first-order valence-corrected chi connectivity index (χ1v) is 13.7. The Kier molecular flexibility index (Phi) is 8.05. The van der Waals surface area contributed by atoms with Gasteiger partial charge in [-0.15, -0.1) is 24.9 Å². The van der Waals surface area contributed by atoms with Gasteiger partial charge in [-0.25, -0.2) is 0 Å². The molecule has 6 nitrogen and oxygen atoms in total. The van der Waals surface area contributed by atoms with E-state index in [0.29, 0.717) is 5.56 Å². The Labute approximate surface area is 215 Å². The van der Waals surface area contributed by atoms with E-state index in [1.54, 1.807) is 0 Å². The average molecular weight is 570 g/mol. The van der Waals surface area contributed by atoms with Crippen LogP contribution >= 0.6 is 11.8 Å². The molecule has 37 heavy (non-hydrogen) atoms. The minimum atomic E-state index is -4.85. The number of alkyl halides is 6. The molecule has 2 aliphatic rings. The van der Waals surface area contributed by atoms with Crippen molar-refractivity contribution in [2.24, 2.45) is 0 Å². The number of nitrogens with zero attached hydrogens (tertiary/aromatic N) is 3. The van der Waals surface area contributed by atoms with Crippen LogP contribution in [0.25, 0.3) is 0 Å². The predicted octanol–water partition coefficient (Wildman–Crippen LogP) is 5.05. The highest BCUT2D eigenvalue weighted by molar-refractivity contribution is 8.01. The van der Waals surface area contributed by atoms with Crippen molar-refractivity contribution in [3.63, 3.8) is 0 Å². The lowest BCUT2D eigenvalue weighted by atomic mass is 10.0. The van der Waals surface area contributed by atoms with E-state index in [0.717, 1.165) is 22.6 Å². The van der Waals surface area contributed by atoms with Crippen LogP contribution in [0.1, 0.15) is 24.0 Å². The molecule has 2 unspecified atom stereocenters. The highest BCUT2D eigenvalue weighted by atomic mass is 32.2. The summed E-state index contributed by atoms with van der Waals surface area (Å²) < 4.78 is 110. The van der Waals surface area contributed by atoms with Crippen molar-refractivity contribution in [2.75, 3.05) is 32.7 Å². The van der Waals surface area contributed by atoms with Crippen LogP contribution in [0, 0.1) is 0 Å². The number of rotatable bonds is 7. The normalized spacial score (nSPS) is 21.8. The Morgan fingerprint density at radius 3 is 2.16 bits per heavy atom. The molecule has 204 valence electrons.